The fourth-order valence-electron chi connectivity index (χ4n) is 5.55. The molecule has 1 atom stereocenters. The van der Waals surface area contributed by atoms with E-state index in [1.165, 1.54) is 0 Å². The number of nitrogens with zero attached hydrogens (tertiary/aromatic N) is 6. The Hall–Kier alpha value is -3.66. The molecule has 0 spiro atoms. The summed E-state index contributed by atoms with van der Waals surface area (Å²) in [6, 6.07) is 11.7. The van der Waals surface area contributed by atoms with Gasteiger partial charge in [0.25, 0.3) is 0 Å². The summed E-state index contributed by atoms with van der Waals surface area (Å²) in [5, 5.41) is 34.3. The van der Waals surface area contributed by atoms with Gasteiger partial charge in [-0.25, -0.2) is 9.97 Å². The van der Waals surface area contributed by atoms with Gasteiger partial charge in [-0.3, -0.25) is 0 Å². The molecule has 2 aliphatic rings. The number of hydrogen-bond acceptors (Lipinski definition) is 11. The predicted molar refractivity (Wildman–Crippen MR) is 155 cm³/mol. The summed E-state index contributed by atoms with van der Waals surface area (Å²) in [4.78, 5) is 9.55. The fourth-order valence-corrected chi connectivity index (χ4v) is 5.55. The van der Waals surface area contributed by atoms with Crippen LogP contribution in [0.5, 0.6) is 0 Å². The van der Waals surface area contributed by atoms with Crippen molar-refractivity contribution in [3.8, 4) is 17.3 Å². The van der Waals surface area contributed by atoms with Gasteiger partial charge in [-0.1, -0.05) is 11.3 Å². The molecule has 0 amide bonds. The Bertz CT molecular complexity index is 1280. The highest BCUT2D eigenvalue weighted by molar-refractivity contribution is 5.68. The van der Waals surface area contributed by atoms with Gasteiger partial charge in [-0.2, -0.15) is 10.5 Å². The minimum absolute atomic E-state index is 0.248. The van der Waals surface area contributed by atoms with Gasteiger partial charge in [-0.15, -0.1) is 10.2 Å². The SMILES string of the molecule is Cc1cnc(N[C@H]2CC[C@H](N[C@H](C)COCc3nn[nH]n3)CC2)cc1-c1cccc(NCC2(C#N)CCOCC2)n1. The molecule has 3 aromatic rings. The van der Waals surface area contributed by atoms with Crippen LogP contribution in [-0.2, 0) is 16.1 Å². The predicted octanol–water partition coefficient (Wildman–Crippen LogP) is 3.62. The molecule has 41 heavy (non-hydrogen) atoms. The second-order valence-electron chi connectivity index (χ2n) is 11.3. The lowest BCUT2D eigenvalue weighted by molar-refractivity contribution is 0.0455. The van der Waals surface area contributed by atoms with E-state index in [4.69, 9.17) is 14.5 Å². The maximum absolute atomic E-state index is 9.77. The molecular weight excluding hydrogens is 520 g/mol. The highest BCUT2D eigenvalue weighted by Gasteiger charge is 2.32. The van der Waals surface area contributed by atoms with Crippen LogP contribution in [0.25, 0.3) is 11.3 Å². The Balaban J connectivity index is 1.11. The Kier molecular flexibility index (Phi) is 9.71. The Morgan fingerprint density at radius 1 is 1.17 bits per heavy atom. The molecule has 12 heteroatoms. The van der Waals surface area contributed by atoms with Crippen LogP contribution < -0.4 is 16.0 Å². The van der Waals surface area contributed by atoms with Crippen molar-refractivity contribution in [2.45, 2.75) is 77.1 Å². The van der Waals surface area contributed by atoms with Gasteiger partial charge in [0.15, 0.2) is 5.82 Å². The van der Waals surface area contributed by atoms with E-state index in [1.54, 1.807) is 0 Å². The normalized spacial score (nSPS) is 21.1. The molecule has 2 fully saturated rings. The van der Waals surface area contributed by atoms with Crippen molar-refractivity contribution in [2.75, 3.05) is 37.0 Å². The van der Waals surface area contributed by atoms with E-state index in [0.29, 0.717) is 50.9 Å². The van der Waals surface area contributed by atoms with Crippen molar-refractivity contribution in [1.29, 1.82) is 5.26 Å². The van der Waals surface area contributed by atoms with E-state index in [1.807, 2.05) is 24.4 Å². The molecule has 0 radical (unpaired) electrons. The zero-order chi connectivity index (χ0) is 28.5. The number of rotatable bonds is 12. The van der Waals surface area contributed by atoms with E-state index in [0.717, 1.165) is 67.0 Å². The Labute approximate surface area is 241 Å². The molecule has 12 nitrogen and oxygen atoms in total. The molecule has 1 aliphatic heterocycles. The number of aromatic nitrogens is 6. The van der Waals surface area contributed by atoms with Crippen molar-refractivity contribution in [3.63, 3.8) is 0 Å². The number of aryl methyl sites for hydroxylation is 1. The van der Waals surface area contributed by atoms with Gasteiger partial charge in [0.05, 0.1) is 23.8 Å². The standard InChI is InChI=1S/C29H40N10O2/c1-20-15-31-27(34-23-8-6-22(7-9-23)33-21(2)16-41-17-28-36-38-39-37-28)14-24(20)25-4-3-5-26(35-25)32-19-29(18-30)10-12-40-13-11-29/h3-5,14-15,21-23,33H,6-13,16-17,19H2,1-2H3,(H,31,34)(H,32,35)(H,36,37,38,39)/t21-,22-,23-/m1/s1. The van der Waals surface area contributed by atoms with Gasteiger partial charge in [0.2, 0.25) is 0 Å². The van der Waals surface area contributed by atoms with Crippen LogP contribution in [0.4, 0.5) is 11.6 Å². The summed E-state index contributed by atoms with van der Waals surface area (Å²) in [5.41, 5.74) is 2.61. The lowest BCUT2D eigenvalue weighted by Gasteiger charge is -2.32. The van der Waals surface area contributed by atoms with Crippen LogP contribution in [-0.4, -0.2) is 75.1 Å². The van der Waals surface area contributed by atoms with Crippen LogP contribution in [0.2, 0.25) is 0 Å². The number of anilines is 2. The Morgan fingerprint density at radius 2 is 1.98 bits per heavy atom. The summed E-state index contributed by atoms with van der Waals surface area (Å²) in [7, 11) is 0. The van der Waals surface area contributed by atoms with E-state index >= 15 is 0 Å². The largest absolute Gasteiger partial charge is 0.381 e. The van der Waals surface area contributed by atoms with Gasteiger partial charge in [-0.05, 0) is 76.1 Å². The minimum atomic E-state index is -0.407. The van der Waals surface area contributed by atoms with Gasteiger partial charge < -0.3 is 25.4 Å². The molecule has 1 aliphatic carbocycles. The van der Waals surface area contributed by atoms with Crippen molar-refractivity contribution < 1.29 is 9.47 Å². The molecule has 0 aromatic carbocycles. The fraction of sp³-hybridized carbons (Fsp3) is 0.586. The van der Waals surface area contributed by atoms with Crippen molar-refractivity contribution >= 4 is 11.6 Å². The average Bonchev–Trinajstić information content (AvgIpc) is 3.52. The number of nitriles is 1. The first-order valence-corrected chi connectivity index (χ1v) is 14.5. The smallest absolute Gasteiger partial charge is 0.200 e. The number of pyridine rings is 2. The summed E-state index contributed by atoms with van der Waals surface area (Å²) in [6.45, 7) is 6.98. The second-order valence-corrected chi connectivity index (χ2v) is 11.3. The summed E-state index contributed by atoms with van der Waals surface area (Å²) < 4.78 is 11.2. The summed E-state index contributed by atoms with van der Waals surface area (Å²) in [6.07, 6.45) is 7.72. The molecule has 4 N–H and O–H groups in total. The minimum Gasteiger partial charge on any atom is -0.381 e. The van der Waals surface area contributed by atoms with E-state index in [-0.39, 0.29) is 6.04 Å². The highest BCUT2D eigenvalue weighted by atomic mass is 16.5. The quantitative estimate of drug-likeness (QED) is 0.256. The van der Waals surface area contributed by atoms with Crippen molar-refractivity contribution in [1.82, 2.24) is 35.9 Å². The maximum atomic E-state index is 9.77. The summed E-state index contributed by atoms with van der Waals surface area (Å²) >= 11 is 0. The van der Waals surface area contributed by atoms with Crippen LogP contribution in [0.15, 0.2) is 30.5 Å². The number of ether oxygens (including phenoxy) is 2. The number of aromatic amines is 1. The number of nitrogens with one attached hydrogen (secondary N) is 4. The van der Waals surface area contributed by atoms with Gasteiger partial charge in [0.1, 0.15) is 18.2 Å². The first kappa shape index (κ1) is 28.9. The highest BCUT2D eigenvalue weighted by Crippen LogP contribution is 2.31. The third-order valence-corrected chi connectivity index (χ3v) is 8.01. The molecule has 218 valence electrons. The molecule has 3 aromatic heterocycles. The lowest BCUT2D eigenvalue weighted by Crippen LogP contribution is -2.43. The maximum Gasteiger partial charge on any atom is 0.200 e. The van der Waals surface area contributed by atoms with E-state index in [2.05, 4.69) is 67.5 Å². The first-order chi connectivity index (χ1) is 20.0. The number of tetrazole rings is 1. The molecular formula is C29H40N10O2. The number of hydrogen-bond donors (Lipinski definition) is 4. The monoisotopic (exact) mass is 560 g/mol. The summed E-state index contributed by atoms with van der Waals surface area (Å²) in [5.74, 6) is 2.21. The second kappa shape index (κ2) is 13.8. The van der Waals surface area contributed by atoms with Gasteiger partial charge >= 0.3 is 0 Å². The molecule has 0 unspecified atom stereocenters. The lowest BCUT2D eigenvalue weighted by atomic mass is 9.82. The molecule has 4 heterocycles. The van der Waals surface area contributed by atoms with E-state index in [9.17, 15) is 5.26 Å². The van der Waals surface area contributed by atoms with Gasteiger partial charge in [0, 0.05) is 49.6 Å². The zero-order valence-corrected chi connectivity index (χ0v) is 23.9. The van der Waals surface area contributed by atoms with Crippen LogP contribution in [0.3, 0.4) is 0 Å². The van der Waals surface area contributed by atoms with E-state index < -0.39 is 5.41 Å². The molecule has 1 saturated heterocycles. The van der Waals surface area contributed by atoms with Crippen LogP contribution in [0.1, 0.15) is 56.8 Å². The molecule has 1 saturated carbocycles. The van der Waals surface area contributed by atoms with Crippen molar-refractivity contribution in [3.05, 3.63) is 41.9 Å². The average molecular weight is 561 g/mol. The topological polar surface area (TPSA) is 159 Å². The zero-order valence-electron chi connectivity index (χ0n) is 23.9. The first-order valence-electron chi connectivity index (χ1n) is 14.5. The van der Waals surface area contributed by atoms with Crippen LogP contribution >= 0.6 is 0 Å². The molecule has 5 rings (SSSR count). The van der Waals surface area contributed by atoms with Crippen LogP contribution in [0, 0.1) is 23.7 Å². The third kappa shape index (κ3) is 7.97. The number of H-pyrrole nitrogens is 1. The Morgan fingerprint density at radius 3 is 2.73 bits per heavy atom. The molecule has 0 bridgehead atoms. The third-order valence-electron chi connectivity index (χ3n) is 8.01. The van der Waals surface area contributed by atoms with Crippen molar-refractivity contribution in [2.24, 2.45) is 5.41 Å².